The zero-order chi connectivity index (χ0) is 22.1. The molecule has 3 atom stereocenters. The number of fused-ring (bicyclic) bond motifs is 4. The van der Waals surface area contributed by atoms with E-state index < -0.39 is 6.04 Å². The molecule has 0 saturated carbocycles. The van der Waals surface area contributed by atoms with Crippen LogP contribution in [0.5, 0.6) is 0 Å². The minimum Gasteiger partial charge on any atom is -0.326 e. The van der Waals surface area contributed by atoms with Crippen LogP contribution in [-0.2, 0) is 11.3 Å². The van der Waals surface area contributed by atoms with E-state index in [1.165, 1.54) is 0 Å². The lowest BCUT2D eigenvalue weighted by Crippen LogP contribution is -2.56. The number of amides is 3. The SMILES string of the molecule is CC(C)[C@H](NC(=O)N1CC2CC(C1)c1cccc(=O)n1C2)C(=O)Nc1cccc(Cl)c1. The molecule has 0 spiro atoms. The fourth-order valence-electron chi connectivity index (χ4n) is 4.61. The molecule has 1 fully saturated rings. The van der Waals surface area contributed by atoms with E-state index >= 15 is 0 Å². The number of likely N-dealkylation sites (tertiary alicyclic amines) is 1. The fraction of sp³-hybridized carbons (Fsp3) is 0.435. The Kier molecular flexibility index (Phi) is 6.05. The van der Waals surface area contributed by atoms with Gasteiger partial charge in [0.2, 0.25) is 5.91 Å². The predicted molar refractivity (Wildman–Crippen MR) is 120 cm³/mol. The van der Waals surface area contributed by atoms with Crippen molar-refractivity contribution in [2.24, 2.45) is 11.8 Å². The summed E-state index contributed by atoms with van der Waals surface area (Å²) in [6.07, 6.45) is 0.968. The number of hydrogen-bond acceptors (Lipinski definition) is 3. The van der Waals surface area contributed by atoms with Crippen LogP contribution in [0.1, 0.15) is 31.9 Å². The largest absolute Gasteiger partial charge is 0.326 e. The lowest BCUT2D eigenvalue weighted by atomic mass is 9.83. The maximum atomic E-state index is 13.1. The Morgan fingerprint density at radius 3 is 2.61 bits per heavy atom. The molecule has 2 bridgehead atoms. The molecule has 4 rings (SSSR count). The van der Waals surface area contributed by atoms with Crippen molar-refractivity contribution >= 4 is 29.2 Å². The van der Waals surface area contributed by atoms with E-state index in [-0.39, 0.29) is 35.3 Å². The Labute approximate surface area is 186 Å². The first kappa shape index (κ1) is 21.4. The number of aromatic nitrogens is 1. The standard InChI is InChI=1S/C23H27ClN4O3/c1-14(2)21(22(30)25-18-6-3-5-17(24)10-18)26-23(31)27-11-15-9-16(13-27)19-7-4-8-20(29)28(19)12-15/h3-8,10,14-16,21H,9,11-13H2,1-2H3,(H,25,30)(H,26,31)/t15?,16?,21-/m0/s1. The van der Waals surface area contributed by atoms with Gasteiger partial charge in [0, 0.05) is 48.0 Å². The lowest BCUT2D eigenvalue weighted by Gasteiger charge is -2.43. The number of hydrogen-bond donors (Lipinski definition) is 2. The van der Waals surface area contributed by atoms with E-state index in [4.69, 9.17) is 11.6 Å². The van der Waals surface area contributed by atoms with E-state index in [2.05, 4.69) is 10.6 Å². The van der Waals surface area contributed by atoms with E-state index in [9.17, 15) is 14.4 Å². The zero-order valence-electron chi connectivity index (χ0n) is 17.7. The topological polar surface area (TPSA) is 83.4 Å². The number of nitrogens with one attached hydrogen (secondary N) is 2. The molecule has 2 N–H and O–H groups in total. The third-order valence-corrected chi connectivity index (χ3v) is 6.32. The Balaban J connectivity index is 1.45. The molecule has 3 amide bonds. The van der Waals surface area contributed by atoms with Crippen LogP contribution in [0.15, 0.2) is 47.3 Å². The number of anilines is 1. The molecular weight excluding hydrogens is 416 g/mol. The fourth-order valence-corrected chi connectivity index (χ4v) is 4.80. The summed E-state index contributed by atoms with van der Waals surface area (Å²) in [5.74, 6) is -0.00808. The summed E-state index contributed by atoms with van der Waals surface area (Å²) in [6, 6.07) is 11.3. The summed E-state index contributed by atoms with van der Waals surface area (Å²) in [7, 11) is 0. The highest BCUT2D eigenvalue weighted by Crippen LogP contribution is 2.35. The second-order valence-electron chi connectivity index (χ2n) is 8.77. The average molecular weight is 443 g/mol. The van der Waals surface area contributed by atoms with Gasteiger partial charge in [0.15, 0.2) is 0 Å². The minimum absolute atomic E-state index is 0.0164. The van der Waals surface area contributed by atoms with E-state index in [1.54, 1.807) is 41.3 Å². The maximum absolute atomic E-state index is 13.1. The molecule has 31 heavy (non-hydrogen) atoms. The van der Waals surface area contributed by atoms with Gasteiger partial charge >= 0.3 is 6.03 Å². The van der Waals surface area contributed by atoms with Gasteiger partial charge in [-0.25, -0.2) is 4.79 Å². The van der Waals surface area contributed by atoms with Crippen LogP contribution >= 0.6 is 11.6 Å². The maximum Gasteiger partial charge on any atom is 0.318 e. The third kappa shape index (κ3) is 4.61. The van der Waals surface area contributed by atoms with Crippen molar-refractivity contribution < 1.29 is 9.59 Å². The summed E-state index contributed by atoms with van der Waals surface area (Å²) in [5, 5.41) is 6.29. The van der Waals surface area contributed by atoms with Crippen molar-refractivity contribution in [1.29, 1.82) is 0 Å². The first-order valence-corrected chi connectivity index (χ1v) is 11.0. The van der Waals surface area contributed by atoms with Gasteiger partial charge in [-0.15, -0.1) is 0 Å². The summed E-state index contributed by atoms with van der Waals surface area (Å²) < 4.78 is 1.84. The van der Waals surface area contributed by atoms with Gasteiger partial charge in [0.1, 0.15) is 6.04 Å². The van der Waals surface area contributed by atoms with Gasteiger partial charge in [-0.3, -0.25) is 9.59 Å². The molecule has 1 saturated heterocycles. The van der Waals surface area contributed by atoms with Crippen LogP contribution in [0, 0.1) is 11.8 Å². The second kappa shape index (κ2) is 8.75. The zero-order valence-corrected chi connectivity index (χ0v) is 18.4. The lowest BCUT2D eigenvalue weighted by molar-refractivity contribution is -0.118. The number of rotatable bonds is 4. The minimum atomic E-state index is -0.678. The Morgan fingerprint density at radius 1 is 1.10 bits per heavy atom. The predicted octanol–water partition coefficient (Wildman–Crippen LogP) is 3.29. The molecule has 2 unspecified atom stereocenters. The number of urea groups is 1. The molecule has 3 heterocycles. The smallest absolute Gasteiger partial charge is 0.318 e. The summed E-state index contributed by atoms with van der Waals surface area (Å²) >= 11 is 6.00. The Bertz CT molecular complexity index is 1050. The molecule has 8 heteroatoms. The normalized spacial score (nSPS) is 20.7. The molecule has 0 aliphatic carbocycles. The molecule has 2 aliphatic heterocycles. The second-order valence-corrected chi connectivity index (χ2v) is 9.21. The quantitative estimate of drug-likeness (QED) is 0.762. The van der Waals surface area contributed by atoms with Gasteiger partial charge in [-0.2, -0.15) is 0 Å². The van der Waals surface area contributed by atoms with Crippen molar-refractivity contribution in [2.45, 2.75) is 38.8 Å². The Hall–Kier alpha value is -2.80. The van der Waals surface area contributed by atoms with Gasteiger partial charge < -0.3 is 20.1 Å². The van der Waals surface area contributed by atoms with Crippen LogP contribution in [0.4, 0.5) is 10.5 Å². The number of carbonyl (C=O) groups excluding carboxylic acids is 2. The van der Waals surface area contributed by atoms with Gasteiger partial charge in [0.25, 0.3) is 5.56 Å². The number of nitrogens with zero attached hydrogens (tertiary/aromatic N) is 2. The highest BCUT2D eigenvalue weighted by Gasteiger charge is 2.37. The van der Waals surface area contributed by atoms with Crippen molar-refractivity contribution in [3.05, 3.63) is 63.5 Å². The van der Waals surface area contributed by atoms with Crippen LogP contribution in [0.3, 0.4) is 0 Å². The highest BCUT2D eigenvalue weighted by molar-refractivity contribution is 6.30. The van der Waals surface area contributed by atoms with Gasteiger partial charge in [-0.05, 0) is 42.5 Å². The van der Waals surface area contributed by atoms with Crippen molar-refractivity contribution in [3.8, 4) is 0 Å². The first-order valence-electron chi connectivity index (χ1n) is 10.6. The summed E-state index contributed by atoms with van der Waals surface area (Å²) in [4.78, 5) is 39.9. The van der Waals surface area contributed by atoms with E-state index in [1.807, 2.05) is 24.5 Å². The van der Waals surface area contributed by atoms with Crippen molar-refractivity contribution in [3.63, 3.8) is 0 Å². The Morgan fingerprint density at radius 2 is 1.87 bits per heavy atom. The van der Waals surface area contributed by atoms with Crippen molar-refractivity contribution in [2.75, 3.05) is 18.4 Å². The summed E-state index contributed by atoms with van der Waals surface area (Å²) in [5.41, 5.74) is 1.59. The molecule has 2 aliphatic rings. The molecular formula is C23H27ClN4O3. The molecule has 164 valence electrons. The van der Waals surface area contributed by atoms with E-state index in [0.717, 1.165) is 12.1 Å². The van der Waals surface area contributed by atoms with Crippen LogP contribution in [-0.4, -0.2) is 40.5 Å². The van der Waals surface area contributed by atoms with E-state index in [0.29, 0.717) is 30.3 Å². The van der Waals surface area contributed by atoms with Crippen LogP contribution in [0.2, 0.25) is 5.02 Å². The number of carbonyl (C=O) groups is 2. The molecule has 1 aromatic carbocycles. The van der Waals surface area contributed by atoms with Gasteiger partial charge in [-0.1, -0.05) is 37.6 Å². The average Bonchev–Trinajstić information content (AvgIpc) is 2.72. The molecule has 0 radical (unpaired) electrons. The first-order chi connectivity index (χ1) is 14.8. The monoisotopic (exact) mass is 442 g/mol. The summed E-state index contributed by atoms with van der Waals surface area (Å²) in [6.45, 7) is 5.53. The molecule has 1 aromatic heterocycles. The number of piperidine rings is 1. The van der Waals surface area contributed by atoms with Crippen molar-refractivity contribution in [1.82, 2.24) is 14.8 Å². The number of halogens is 1. The highest BCUT2D eigenvalue weighted by atomic mass is 35.5. The number of benzene rings is 1. The molecule has 2 aromatic rings. The molecule has 7 nitrogen and oxygen atoms in total. The third-order valence-electron chi connectivity index (χ3n) is 6.09. The van der Waals surface area contributed by atoms with Crippen LogP contribution < -0.4 is 16.2 Å². The van der Waals surface area contributed by atoms with Gasteiger partial charge in [0.05, 0.1) is 0 Å². The number of pyridine rings is 1. The van der Waals surface area contributed by atoms with Crippen LogP contribution in [0.25, 0.3) is 0 Å².